The maximum absolute atomic E-state index is 12.3. The fourth-order valence-electron chi connectivity index (χ4n) is 1.30. The van der Waals surface area contributed by atoms with E-state index < -0.39 is 5.92 Å². The molecule has 11 heavy (non-hydrogen) atoms. The van der Waals surface area contributed by atoms with Crippen LogP contribution in [0.2, 0.25) is 0 Å². The van der Waals surface area contributed by atoms with Crippen LogP contribution in [0.3, 0.4) is 0 Å². The molecule has 0 spiro atoms. The summed E-state index contributed by atoms with van der Waals surface area (Å²) in [7, 11) is 0. The highest BCUT2D eigenvalue weighted by molar-refractivity contribution is 4.92. The van der Waals surface area contributed by atoms with Crippen LogP contribution in [0.15, 0.2) is 0 Å². The molecule has 1 fully saturated rings. The molecule has 1 aliphatic rings. The molecule has 0 aromatic carbocycles. The predicted octanol–water partition coefficient (Wildman–Crippen LogP) is 2.17. The third-order valence-electron chi connectivity index (χ3n) is 2.22. The lowest BCUT2D eigenvalue weighted by Crippen LogP contribution is -2.51. The van der Waals surface area contributed by atoms with Crippen LogP contribution < -0.4 is 5.32 Å². The van der Waals surface area contributed by atoms with E-state index in [-0.39, 0.29) is 18.9 Å². The Hall–Kier alpha value is -0.180. The summed E-state index contributed by atoms with van der Waals surface area (Å²) >= 11 is 0. The highest BCUT2D eigenvalue weighted by Crippen LogP contribution is 2.37. The summed E-state index contributed by atoms with van der Waals surface area (Å²) in [6.07, 6.45) is 1.05. The van der Waals surface area contributed by atoms with Gasteiger partial charge < -0.3 is 5.32 Å². The van der Waals surface area contributed by atoms with Crippen LogP contribution in [0.4, 0.5) is 8.78 Å². The molecule has 1 nitrogen and oxygen atoms in total. The van der Waals surface area contributed by atoms with Crippen molar-refractivity contribution in [3.63, 3.8) is 0 Å². The van der Waals surface area contributed by atoms with Crippen molar-refractivity contribution in [1.29, 1.82) is 0 Å². The smallest absolute Gasteiger partial charge is 0.251 e. The third-order valence-corrected chi connectivity index (χ3v) is 2.22. The average molecular weight is 163 g/mol. The Morgan fingerprint density at radius 1 is 1.55 bits per heavy atom. The molecule has 0 radical (unpaired) electrons. The molecule has 1 unspecified atom stereocenters. The first-order chi connectivity index (χ1) is 5.03. The summed E-state index contributed by atoms with van der Waals surface area (Å²) in [4.78, 5) is 0. The van der Waals surface area contributed by atoms with Gasteiger partial charge in [-0.25, -0.2) is 8.78 Å². The Kier molecular flexibility index (Phi) is 2.47. The average Bonchev–Trinajstić information content (AvgIpc) is 1.83. The van der Waals surface area contributed by atoms with E-state index in [0.29, 0.717) is 6.04 Å². The van der Waals surface area contributed by atoms with Crippen LogP contribution in [0.1, 0.15) is 33.1 Å². The van der Waals surface area contributed by atoms with Gasteiger partial charge in [0, 0.05) is 24.9 Å². The van der Waals surface area contributed by atoms with Crippen molar-refractivity contribution in [3.05, 3.63) is 0 Å². The molecule has 1 rings (SSSR count). The minimum absolute atomic E-state index is 0.0251. The monoisotopic (exact) mass is 163 g/mol. The summed E-state index contributed by atoms with van der Waals surface area (Å²) < 4.78 is 24.6. The van der Waals surface area contributed by atoms with Gasteiger partial charge in [0.05, 0.1) is 0 Å². The summed E-state index contributed by atoms with van der Waals surface area (Å²) in [6.45, 7) is 4.07. The molecule has 0 heterocycles. The van der Waals surface area contributed by atoms with E-state index in [1.807, 2.05) is 6.92 Å². The number of hydrogen-bond donors (Lipinski definition) is 1. The lowest BCUT2D eigenvalue weighted by molar-refractivity contribution is -0.0944. The van der Waals surface area contributed by atoms with Crippen molar-refractivity contribution in [2.75, 3.05) is 0 Å². The van der Waals surface area contributed by atoms with Gasteiger partial charge in [0.1, 0.15) is 0 Å². The number of nitrogens with one attached hydrogen (secondary N) is 1. The SMILES string of the molecule is CCC(C)NC1CC(F)(F)C1. The topological polar surface area (TPSA) is 12.0 Å². The van der Waals surface area contributed by atoms with Crippen LogP contribution in [0.5, 0.6) is 0 Å². The fraction of sp³-hybridized carbons (Fsp3) is 1.00. The van der Waals surface area contributed by atoms with Gasteiger partial charge in [-0.05, 0) is 13.3 Å². The number of hydrogen-bond acceptors (Lipinski definition) is 1. The third kappa shape index (κ3) is 2.40. The first kappa shape index (κ1) is 8.91. The Bertz CT molecular complexity index is 128. The van der Waals surface area contributed by atoms with E-state index in [9.17, 15) is 8.78 Å². The zero-order valence-electron chi connectivity index (χ0n) is 7.03. The summed E-state index contributed by atoms with van der Waals surface area (Å²) in [6, 6.07) is 0.427. The van der Waals surface area contributed by atoms with E-state index in [0.717, 1.165) is 6.42 Å². The summed E-state index contributed by atoms with van der Waals surface area (Å²) in [5.74, 6) is -2.38. The van der Waals surface area contributed by atoms with E-state index in [2.05, 4.69) is 12.2 Å². The van der Waals surface area contributed by atoms with Gasteiger partial charge in [-0.2, -0.15) is 0 Å². The minimum atomic E-state index is -2.38. The van der Waals surface area contributed by atoms with Crippen LogP contribution in [0, 0.1) is 0 Å². The molecule has 1 N–H and O–H groups in total. The zero-order chi connectivity index (χ0) is 8.48. The van der Waals surface area contributed by atoms with Crippen molar-refractivity contribution >= 4 is 0 Å². The van der Waals surface area contributed by atoms with Crippen LogP contribution in [0.25, 0.3) is 0 Å². The normalized spacial score (nSPS) is 26.2. The van der Waals surface area contributed by atoms with Crippen LogP contribution in [-0.4, -0.2) is 18.0 Å². The van der Waals surface area contributed by atoms with Gasteiger partial charge >= 0.3 is 0 Å². The quantitative estimate of drug-likeness (QED) is 0.672. The maximum atomic E-state index is 12.3. The molecule has 0 aromatic heterocycles. The lowest BCUT2D eigenvalue weighted by Gasteiger charge is -2.37. The second kappa shape index (κ2) is 3.05. The maximum Gasteiger partial charge on any atom is 0.251 e. The number of rotatable bonds is 3. The molecular formula is C8H15F2N. The van der Waals surface area contributed by atoms with E-state index in [1.165, 1.54) is 0 Å². The second-order valence-corrected chi connectivity index (χ2v) is 3.44. The first-order valence-corrected chi connectivity index (χ1v) is 4.17. The van der Waals surface area contributed by atoms with Crippen LogP contribution >= 0.6 is 0 Å². The first-order valence-electron chi connectivity index (χ1n) is 4.17. The Morgan fingerprint density at radius 2 is 2.09 bits per heavy atom. The summed E-state index contributed by atoms with van der Waals surface area (Å²) in [5.41, 5.74) is 0. The highest BCUT2D eigenvalue weighted by Gasteiger charge is 2.45. The molecule has 1 saturated carbocycles. The van der Waals surface area contributed by atoms with Gasteiger partial charge in [-0.3, -0.25) is 0 Å². The van der Waals surface area contributed by atoms with Crippen molar-refractivity contribution in [3.8, 4) is 0 Å². The minimum Gasteiger partial charge on any atom is -0.311 e. The molecular weight excluding hydrogens is 148 g/mol. The van der Waals surface area contributed by atoms with Gasteiger partial charge in [-0.15, -0.1) is 0 Å². The van der Waals surface area contributed by atoms with Crippen LogP contribution in [-0.2, 0) is 0 Å². The Labute approximate surface area is 66.2 Å². The van der Waals surface area contributed by atoms with E-state index >= 15 is 0 Å². The van der Waals surface area contributed by atoms with Crippen molar-refractivity contribution in [2.24, 2.45) is 0 Å². The summed E-state index contributed by atoms with van der Waals surface area (Å²) in [5, 5.41) is 3.14. The second-order valence-electron chi connectivity index (χ2n) is 3.44. The molecule has 3 heteroatoms. The van der Waals surface area contributed by atoms with Gasteiger partial charge in [0.25, 0.3) is 5.92 Å². The molecule has 0 aromatic rings. The van der Waals surface area contributed by atoms with Gasteiger partial charge in [0.2, 0.25) is 0 Å². The lowest BCUT2D eigenvalue weighted by atomic mass is 9.87. The largest absolute Gasteiger partial charge is 0.311 e. The molecule has 1 aliphatic carbocycles. The molecule has 66 valence electrons. The Morgan fingerprint density at radius 3 is 2.45 bits per heavy atom. The Balaban J connectivity index is 2.13. The zero-order valence-corrected chi connectivity index (χ0v) is 7.03. The van der Waals surface area contributed by atoms with Gasteiger partial charge in [0.15, 0.2) is 0 Å². The standard InChI is InChI=1S/C8H15F2N/c1-3-6(2)11-7-4-8(9,10)5-7/h6-7,11H,3-5H2,1-2H3. The number of alkyl halides is 2. The van der Waals surface area contributed by atoms with Crippen molar-refractivity contribution < 1.29 is 8.78 Å². The van der Waals surface area contributed by atoms with Crippen molar-refractivity contribution in [2.45, 2.75) is 51.1 Å². The number of halogens is 2. The predicted molar refractivity (Wildman–Crippen MR) is 40.9 cm³/mol. The van der Waals surface area contributed by atoms with Gasteiger partial charge in [-0.1, -0.05) is 6.92 Å². The molecule has 0 aliphatic heterocycles. The fourth-order valence-corrected chi connectivity index (χ4v) is 1.30. The molecule has 0 bridgehead atoms. The highest BCUT2D eigenvalue weighted by atomic mass is 19.3. The molecule has 0 saturated heterocycles. The molecule has 1 atom stereocenters. The van der Waals surface area contributed by atoms with Crippen molar-refractivity contribution in [1.82, 2.24) is 5.32 Å². The van der Waals surface area contributed by atoms with E-state index in [1.54, 1.807) is 0 Å². The molecule has 0 amide bonds. The van der Waals surface area contributed by atoms with E-state index in [4.69, 9.17) is 0 Å².